The molecule has 2 aromatic rings. The highest BCUT2D eigenvalue weighted by Gasteiger charge is 2.22. The summed E-state index contributed by atoms with van der Waals surface area (Å²) in [6.45, 7) is 5.77. The van der Waals surface area contributed by atoms with Crippen molar-refractivity contribution in [3.05, 3.63) is 39.2 Å². The van der Waals surface area contributed by atoms with Gasteiger partial charge in [0.1, 0.15) is 11.7 Å². The van der Waals surface area contributed by atoms with Gasteiger partial charge in [0.25, 0.3) is 0 Å². The van der Waals surface area contributed by atoms with Gasteiger partial charge in [-0.15, -0.1) is 0 Å². The molecule has 0 aliphatic carbocycles. The van der Waals surface area contributed by atoms with Gasteiger partial charge in [0.05, 0.1) is 5.69 Å². The largest absolute Gasteiger partial charge is 0.422 e. The van der Waals surface area contributed by atoms with Crippen LogP contribution in [0.5, 0.6) is 0 Å². The standard InChI is InChI=1S/C18H20N2O2/c1-12-9-13(2)16-15(10-12)22-18(21)14(11-19)17(16)20-7-5-3-4-6-8-20/h9-10H,3-8H2,1-2H3. The Morgan fingerprint density at radius 2 is 1.82 bits per heavy atom. The Balaban J connectivity index is 2.34. The van der Waals surface area contributed by atoms with Crippen LogP contribution in [0, 0.1) is 25.2 Å². The lowest BCUT2D eigenvalue weighted by Crippen LogP contribution is -2.27. The van der Waals surface area contributed by atoms with Gasteiger partial charge in [-0.3, -0.25) is 0 Å². The van der Waals surface area contributed by atoms with Crippen LogP contribution in [-0.4, -0.2) is 13.1 Å². The molecule has 3 rings (SSSR count). The summed E-state index contributed by atoms with van der Waals surface area (Å²) in [4.78, 5) is 14.4. The van der Waals surface area contributed by atoms with E-state index >= 15 is 0 Å². The molecule has 0 atom stereocenters. The van der Waals surface area contributed by atoms with Crippen molar-refractivity contribution in [1.82, 2.24) is 0 Å². The lowest BCUT2D eigenvalue weighted by atomic mass is 10.0. The summed E-state index contributed by atoms with van der Waals surface area (Å²) in [6.07, 6.45) is 4.60. The summed E-state index contributed by atoms with van der Waals surface area (Å²) in [5.74, 6) is 0. The van der Waals surface area contributed by atoms with E-state index in [1.165, 1.54) is 12.8 Å². The van der Waals surface area contributed by atoms with Gasteiger partial charge >= 0.3 is 5.63 Å². The van der Waals surface area contributed by atoms with Crippen LogP contribution < -0.4 is 10.5 Å². The van der Waals surface area contributed by atoms with Crippen molar-refractivity contribution in [2.45, 2.75) is 39.5 Å². The van der Waals surface area contributed by atoms with Crippen molar-refractivity contribution in [3.8, 4) is 6.07 Å². The van der Waals surface area contributed by atoms with Gasteiger partial charge < -0.3 is 9.32 Å². The van der Waals surface area contributed by atoms with E-state index in [2.05, 4.69) is 17.0 Å². The van der Waals surface area contributed by atoms with Crippen molar-refractivity contribution >= 4 is 16.7 Å². The molecule has 1 saturated heterocycles. The van der Waals surface area contributed by atoms with Gasteiger partial charge in [0.2, 0.25) is 0 Å². The summed E-state index contributed by atoms with van der Waals surface area (Å²) in [7, 11) is 0. The Morgan fingerprint density at radius 1 is 1.14 bits per heavy atom. The first-order valence-electron chi connectivity index (χ1n) is 7.85. The molecule has 1 aliphatic heterocycles. The molecule has 4 nitrogen and oxygen atoms in total. The number of rotatable bonds is 1. The minimum Gasteiger partial charge on any atom is -0.422 e. The van der Waals surface area contributed by atoms with Crippen LogP contribution >= 0.6 is 0 Å². The zero-order valence-electron chi connectivity index (χ0n) is 13.1. The molecule has 2 heterocycles. The van der Waals surface area contributed by atoms with Gasteiger partial charge in [-0.1, -0.05) is 18.9 Å². The Bertz CT molecular complexity index is 806. The number of nitrogens with zero attached hydrogens (tertiary/aromatic N) is 2. The van der Waals surface area contributed by atoms with E-state index in [9.17, 15) is 10.1 Å². The third-order valence-electron chi connectivity index (χ3n) is 4.36. The number of aryl methyl sites for hydroxylation is 2. The zero-order chi connectivity index (χ0) is 15.7. The quantitative estimate of drug-likeness (QED) is 0.753. The summed E-state index contributed by atoms with van der Waals surface area (Å²) in [6, 6.07) is 6.02. The van der Waals surface area contributed by atoms with Crippen molar-refractivity contribution in [2.24, 2.45) is 0 Å². The van der Waals surface area contributed by atoms with Crippen molar-refractivity contribution in [3.63, 3.8) is 0 Å². The first-order chi connectivity index (χ1) is 10.6. The fourth-order valence-corrected chi connectivity index (χ4v) is 3.39. The van der Waals surface area contributed by atoms with Crippen LogP contribution in [0.4, 0.5) is 5.69 Å². The number of benzene rings is 1. The molecule has 0 unspecified atom stereocenters. The van der Waals surface area contributed by atoms with Gasteiger partial charge in [-0.25, -0.2) is 4.79 Å². The zero-order valence-corrected chi connectivity index (χ0v) is 13.1. The molecular formula is C18H20N2O2. The van der Waals surface area contributed by atoms with Crippen LogP contribution in [0.3, 0.4) is 0 Å². The number of fused-ring (bicyclic) bond motifs is 1. The van der Waals surface area contributed by atoms with E-state index < -0.39 is 5.63 Å². The second kappa shape index (κ2) is 5.84. The maximum atomic E-state index is 12.2. The van der Waals surface area contributed by atoms with Gasteiger partial charge in [0, 0.05) is 18.5 Å². The Hall–Kier alpha value is -2.28. The van der Waals surface area contributed by atoms with E-state index in [-0.39, 0.29) is 5.56 Å². The highest BCUT2D eigenvalue weighted by molar-refractivity contribution is 5.96. The summed E-state index contributed by atoms with van der Waals surface area (Å²) in [5, 5.41) is 10.4. The molecule has 1 aromatic heterocycles. The molecule has 114 valence electrons. The maximum Gasteiger partial charge on any atom is 0.356 e. The van der Waals surface area contributed by atoms with E-state index in [1.807, 2.05) is 19.9 Å². The van der Waals surface area contributed by atoms with Crippen LogP contribution in [0.15, 0.2) is 21.3 Å². The fraction of sp³-hybridized carbons (Fsp3) is 0.444. The molecule has 22 heavy (non-hydrogen) atoms. The predicted octanol–water partition coefficient (Wildman–Crippen LogP) is 3.66. The summed E-state index contributed by atoms with van der Waals surface area (Å²) < 4.78 is 5.40. The highest BCUT2D eigenvalue weighted by atomic mass is 16.4. The van der Waals surface area contributed by atoms with Crippen molar-refractivity contribution < 1.29 is 4.42 Å². The fourth-order valence-electron chi connectivity index (χ4n) is 3.39. The van der Waals surface area contributed by atoms with Crippen LogP contribution in [0.25, 0.3) is 11.0 Å². The number of hydrogen-bond acceptors (Lipinski definition) is 4. The van der Waals surface area contributed by atoms with E-state index in [0.717, 1.165) is 48.1 Å². The molecule has 1 aromatic carbocycles. The average molecular weight is 296 g/mol. The number of nitriles is 1. The Kier molecular flexibility index (Phi) is 3.89. The maximum absolute atomic E-state index is 12.2. The van der Waals surface area contributed by atoms with Crippen LogP contribution in [0.2, 0.25) is 0 Å². The van der Waals surface area contributed by atoms with E-state index in [0.29, 0.717) is 5.58 Å². The second-order valence-corrected chi connectivity index (χ2v) is 6.08. The van der Waals surface area contributed by atoms with Gasteiger partial charge in [-0.2, -0.15) is 5.26 Å². The average Bonchev–Trinajstić information content (AvgIpc) is 2.74. The molecule has 0 N–H and O–H groups in total. The van der Waals surface area contributed by atoms with Crippen molar-refractivity contribution in [1.29, 1.82) is 5.26 Å². The summed E-state index contributed by atoms with van der Waals surface area (Å²) >= 11 is 0. The first kappa shape index (κ1) is 14.6. The summed E-state index contributed by atoms with van der Waals surface area (Å²) in [5.41, 5.74) is 3.07. The Labute approximate surface area is 130 Å². The lowest BCUT2D eigenvalue weighted by Gasteiger charge is -2.25. The molecule has 4 heteroatoms. The topological polar surface area (TPSA) is 57.2 Å². The smallest absolute Gasteiger partial charge is 0.356 e. The minimum atomic E-state index is -0.528. The first-order valence-corrected chi connectivity index (χ1v) is 7.85. The number of hydrogen-bond donors (Lipinski definition) is 0. The molecule has 0 amide bonds. The molecule has 0 saturated carbocycles. The van der Waals surface area contributed by atoms with Crippen molar-refractivity contribution in [2.75, 3.05) is 18.0 Å². The number of anilines is 1. The third kappa shape index (κ3) is 2.48. The molecule has 1 fully saturated rings. The molecule has 1 aliphatic rings. The minimum absolute atomic E-state index is 0.140. The highest BCUT2D eigenvalue weighted by Crippen LogP contribution is 2.33. The second-order valence-electron chi connectivity index (χ2n) is 6.08. The molecular weight excluding hydrogens is 276 g/mol. The third-order valence-corrected chi connectivity index (χ3v) is 4.36. The Morgan fingerprint density at radius 3 is 2.45 bits per heavy atom. The normalized spacial score (nSPS) is 15.6. The van der Waals surface area contributed by atoms with Crippen LogP contribution in [-0.2, 0) is 0 Å². The molecule has 0 spiro atoms. The molecule has 0 radical (unpaired) electrons. The van der Waals surface area contributed by atoms with E-state index in [1.54, 1.807) is 0 Å². The molecule has 0 bridgehead atoms. The lowest BCUT2D eigenvalue weighted by molar-refractivity contribution is 0.557. The van der Waals surface area contributed by atoms with E-state index in [4.69, 9.17) is 4.42 Å². The monoisotopic (exact) mass is 296 g/mol. The van der Waals surface area contributed by atoms with Crippen LogP contribution in [0.1, 0.15) is 42.4 Å². The van der Waals surface area contributed by atoms with Gasteiger partial charge in [0.15, 0.2) is 5.56 Å². The van der Waals surface area contributed by atoms with Gasteiger partial charge in [-0.05, 0) is 43.9 Å². The SMILES string of the molecule is Cc1cc(C)c2c(N3CCCCCC3)c(C#N)c(=O)oc2c1. The predicted molar refractivity (Wildman–Crippen MR) is 87.4 cm³/mol.